The lowest BCUT2D eigenvalue weighted by atomic mass is 9.96. The Morgan fingerprint density at radius 2 is 2.04 bits per heavy atom. The molecular formula is C18H22N6O2S. The van der Waals surface area contributed by atoms with E-state index in [0.717, 1.165) is 49.6 Å². The van der Waals surface area contributed by atoms with Crippen LogP contribution in [-0.2, 0) is 16.1 Å². The van der Waals surface area contributed by atoms with Crippen LogP contribution in [0.25, 0.3) is 0 Å². The number of hydrogen-bond donors (Lipinski definition) is 1. The van der Waals surface area contributed by atoms with Crippen molar-refractivity contribution in [2.24, 2.45) is 5.92 Å². The number of nitrogens with one attached hydrogen (secondary N) is 1. The van der Waals surface area contributed by atoms with Crippen LogP contribution in [0.4, 0.5) is 10.3 Å². The van der Waals surface area contributed by atoms with Gasteiger partial charge in [0.05, 0.1) is 0 Å². The number of rotatable bonds is 5. The number of carbonyl (C=O) groups is 2. The normalized spacial score (nSPS) is 18.1. The predicted molar refractivity (Wildman–Crippen MR) is 103 cm³/mol. The van der Waals surface area contributed by atoms with Crippen LogP contribution in [0.15, 0.2) is 24.5 Å². The van der Waals surface area contributed by atoms with Crippen molar-refractivity contribution in [2.45, 2.75) is 32.2 Å². The minimum atomic E-state index is 0.0190. The van der Waals surface area contributed by atoms with E-state index in [0.29, 0.717) is 18.1 Å². The first kappa shape index (κ1) is 17.8. The molecule has 0 radical (unpaired) electrons. The lowest BCUT2D eigenvalue weighted by Gasteiger charge is -2.30. The molecule has 4 heterocycles. The van der Waals surface area contributed by atoms with E-state index in [1.807, 2.05) is 12.1 Å². The van der Waals surface area contributed by atoms with Crippen molar-refractivity contribution >= 4 is 33.4 Å². The minimum absolute atomic E-state index is 0.0190. The fraction of sp³-hybridized carbons (Fsp3) is 0.500. The van der Waals surface area contributed by atoms with Crippen LogP contribution in [0.1, 0.15) is 31.2 Å². The molecule has 0 unspecified atom stereocenters. The Hall–Kier alpha value is -2.55. The fourth-order valence-corrected chi connectivity index (χ4v) is 4.41. The van der Waals surface area contributed by atoms with E-state index in [1.54, 1.807) is 17.3 Å². The average Bonchev–Trinajstić information content (AvgIpc) is 3.36. The van der Waals surface area contributed by atoms with Crippen molar-refractivity contribution in [2.75, 3.05) is 29.4 Å². The maximum absolute atomic E-state index is 12.4. The van der Waals surface area contributed by atoms with Gasteiger partial charge in [0.2, 0.25) is 22.1 Å². The second kappa shape index (κ2) is 7.99. The van der Waals surface area contributed by atoms with Gasteiger partial charge in [-0.2, -0.15) is 0 Å². The second-order valence-electron chi connectivity index (χ2n) is 6.86. The molecule has 0 aromatic carbocycles. The van der Waals surface area contributed by atoms with Crippen LogP contribution in [0.2, 0.25) is 0 Å². The van der Waals surface area contributed by atoms with Gasteiger partial charge < -0.3 is 10.2 Å². The van der Waals surface area contributed by atoms with Gasteiger partial charge in [0.1, 0.15) is 0 Å². The molecule has 2 saturated heterocycles. The molecule has 2 aromatic heterocycles. The number of carbonyl (C=O) groups excluding carboxylic acids is 2. The zero-order valence-electron chi connectivity index (χ0n) is 15.0. The number of piperidine rings is 1. The van der Waals surface area contributed by atoms with Crippen LogP contribution >= 0.6 is 11.3 Å². The van der Waals surface area contributed by atoms with Gasteiger partial charge in [0, 0.05) is 50.9 Å². The Morgan fingerprint density at radius 1 is 1.22 bits per heavy atom. The van der Waals surface area contributed by atoms with Crippen LogP contribution in [-0.4, -0.2) is 46.6 Å². The van der Waals surface area contributed by atoms with Gasteiger partial charge in [0.15, 0.2) is 0 Å². The van der Waals surface area contributed by atoms with Crippen molar-refractivity contribution in [1.82, 2.24) is 20.5 Å². The van der Waals surface area contributed by atoms with E-state index >= 15 is 0 Å². The number of pyridine rings is 1. The highest BCUT2D eigenvalue weighted by Crippen LogP contribution is 2.32. The Kier molecular flexibility index (Phi) is 5.28. The van der Waals surface area contributed by atoms with Gasteiger partial charge in [-0.15, -0.1) is 10.2 Å². The second-order valence-corrected chi connectivity index (χ2v) is 7.79. The molecule has 2 amide bonds. The van der Waals surface area contributed by atoms with Crippen molar-refractivity contribution in [3.63, 3.8) is 0 Å². The average molecular weight is 386 g/mol. The van der Waals surface area contributed by atoms with Gasteiger partial charge in [-0.05, 0) is 30.9 Å². The van der Waals surface area contributed by atoms with E-state index in [9.17, 15) is 9.59 Å². The first-order chi connectivity index (χ1) is 13.2. The van der Waals surface area contributed by atoms with Gasteiger partial charge in [0.25, 0.3) is 0 Å². The largest absolute Gasteiger partial charge is 0.352 e. The zero-order chi connectivity index (χ0) is 18.6. The highest BCUT2D eigenvalue weighted by molar-refractivity contribution is 7.19. The number of anilines is 2. The maximum atomic E-state index is 12.4. The number of amides is 2. The Bertz CT molecular complexity index is 803. The molecule has 0 bridgehead atoms. The van der Waals surface area contributed by atoms with Crippen LogP contribution in [0, 0.1) is 5.92 Å². The molecule has 0 saturated carbocycles. The third kappa shape index (κ3) is 4.08. The molecule has 9 heteroatoms. The molecule has 0 aliphatic carbocycles. The highest BCUT2D eigenvalue weighted by Gasteiger charge is 2.29. The van der Waals surface area contributed by atoms with Gasteiger partial charge in [-0.3, -0.25) is 19.5 Å². The summed E-state index contributed by atoms with van der Waals surface area (Å²) in [5, 5.41) is 13.0. The van der Waals surface area contributed by atoms with Crippen molar-refractivity contribution in [3.05, 3.63) is 30.1 Å². The molecule has 2 fully saturated rings. The van der Waals surface area contributed by atoms with E-state index in [-0.39, 0.29) is 17.7 Å². The predicted octanol–water partition coefficient (Wildman–Crippen LogP) is 1.59. The number of aromatic nitrogens is 3. The first-order valence-electron chi connectivity index (χ1n) is 9.26. The third-order valence-corrected chi connectivity index (χ3v) is 6.04. The van der Waals surface area contributed by atoms with Gasteiger partial charge in [-0.1, -0.05) is 17.4 Å². The lowest BCUT2D eigenvalue weighted by molar-refractivity contribution is -0.125. The van der Waals surface area contributed by atoms with E-state index in [2.05, 4.69) is 25.4 Å². The summed E-state index contributed by atoms with van der Waals surface area (Å²) in [6, 6.07) is 3.82. The Morgan fingerprint density at radius 3 is 2.74 bits per heavy atom. The summed E-state index contributed by atoms with van der Waals surface area (Å²) < 4.78 is 0. The third-order valence-electron chi connectivity index (χ3n) is 5.03. The quantitative estimate of drug-likeness (QED) is 0.839. The molecule has 142 valence electrons. The fourth-order valence-electron chi connectivity index (χ4n) is 3.46. The van der Waals surface area contributed by atoms with Crippen LogP contribution in [0.5, 0.6) is 0 Å². The van der Waals surface area contributed by atoms with Crippen molar-refractivity contribution in [1.29, 1.82) is 0 Å². The van der Waals surface area contributed by atoms with E-state index < -0.39 is 0 Å². The zero-order valence-corrected chi connectivity index (χ0v) is 15.8. The van der Waals surface area contributed by atoms with E-state index in [4.69, 9.17) is 0 Å². The summed E-state index contributed by atoms with van der Waals surface area (Å²) in [4.78, 5) is 32.2. The number of nitrogens with zero attached hydrogens (tertiary/aromatic N) is 5. The summed E-state index contributed by atoms with van der Waals surface area (Å²) in [7, 11) is 0. The first-order valence-corrected chi connectivity index (χ1v) is 10.1. The van der Waals surface area contributed by atoms with Gasteiger partial charge in [-0.25, -0.2) is 0 Å². The van der Waals surface area contributed by atoms with Crippen molar-refractivity contribution in [3.8, 4) is 0 Å². The molecule has 2 aromatic rings. The minimum Gasteiger partial charge on any atom is -0.352 e. The number of hydrogen-bond acceptors (Lipinski definition) is 7. The summed E-state index contributed by atoms with van der Waals surface area (Å²) in [6.45, 7) is 2.78. The Labute approximate surface area is 161 Å². The molecule has 8 nitrogen and oxygen atoms in total. The highest BCUT2D eigenvalue weighted by atomic mass is 32.1. The molecule has 27 heavy (non-hydrogen) atoms. The molecule has 2 aliphatic rings. The molecule has 0 atom stereocenters. The summed E-state index contributed by atoms with van der Waals surface area (Å²) >= 11 is 1.46. The topological polar surface area (TPSA) is 91.3 Å². The molecule has 4 rings (SSSR count). The lowest BCUT2D eigenvalue weighted by Crippen LogP contribution is -2.40. The SMILES string of the molecule is O=C(NCc1cccnc1)C1CCN(c2nnc(N3CCCC3=O)s2)CC1. The summed E-state index contributed by atoms with van der Waals surface area (Å²) in [6.07, 6.45) is 6.54. The van der Waals surface area contributed by atoms with Crippen LogP contribution in [0.3, 0.4) is 0 Å². The molecular weight excluding hydrogens is 364 g/mol. The molecule has 2 aliphatic heterocycles. The summed E-state index contributed by atoms with van der Waals surface area (Å²) in [5.74, 6) is 0.242. The molecule has 1 N–H and O–H groups in total. The van der Waals surface area contributed by atoms with Gasteiger partial charge >= 0.3 is 0 Å². The molecule has 0 spiro atoms. The van der Waals surface area contributed by atoms with Crippen molar-refractivity contribution < 1.29 is 9.59 Å². The smallest absolute Gasteiger partial charge is 0.228 e. The monoisotopic (exact) mass is 386 g/mol. The van der Waals surface area contributed by atoms with E-state index in [1.165, 1.54) is 11.3 Å². The summed E-state index contributed by atoms with van der Waals surface area (Å²) in [5.41, 5.74) is 1.00. The van der Waals surface area contributed by atoms with Crippen LogP contribution < -0.4 is 15.1 Å². The maximum Gasteiger partial charge on any atom is 0.228 e. The Balaban J connectivity index is 1.28. The standard InChI is InChI=1S/C18H22N6O2S/c25-15-4-2-8-24(15)18-22-21-17(27-18)23-9-5-14(6-10-23)16(26)20-12-13-3-1-7-19-11-13/h1,3,7,11,14H,2,4-6,8-10,12H2,(H,20,26).